The Morgan fingerprint density at radius 1 is 1.62 bits per heavy atom. The van der Waals surface area contributed by atoms with Gasteiger partial charge in [-0.05, 0) is 30.2 Å². The van der Waals surface area contributed by atoms with Crippen LogP contribution < -0.4 is 10.0 Å². The van der Waals surface area contributed by atoms with Crippen molar-refractivity contribution in [3.05, 3.63) is 40.0 Å². The second-order valence-electron chi connectivity index (χ2n) is 2.97. The topological polar surface area (TPSA) is 90.4 Å². The molecule has 16 heavy (non-hydrogen) atoms. The maximum Gasteiger partial charge on any atom is 0.220 e. The summed E-state index contributed by atoms with van der Waals surface area (Å²) >= 11 is 5.87. The second-order valence-corrected chi connectivity index (χ2v) is 3.38. The summed E-state index contributed by atoms with van der Waals surface area (Å²) in [7, 11) is 0. The SMILES string of the molecule is Cc1c(Cl)cccc1/C=C(\N=[N+]=N)C(=O)[O-]. The first-order valence-electron chi connectivity index (χ1n) is 4.32. The Kier molecular flexibility index (Phi) is 3.94. The van der Waals surface area contributed by atoms with Crippen LogP contribution in [0.4, 0.5) is 0 Å². The van der Waals surface area contributed by atoms with Gasteiger partial charge in [-0.25, -0.2) is 0 Å². The van der Waals surface area contributed by atoms with Crippen LogP contribution in [0.2, 0.25) is 5.02 Å². The van der Waals surface area contributed by atoms with E-state index in [0.29, 0.717) is 10.6 Å². The van der Waals surface area contributed by atoms with E-state index in [1.807, 2.05) is 0 Å². The highest BCUT2D eigenvalue weighted by atomic mass is 35.5. The smallest absolute Gasteiger partial charge is 0.220 e. The van der Waals surface area contributed by atoms with Crippen molar-refractivity contribution in [2.45, 2.75) is 6.92 Å². The third kappa shape index (κ3) is 2.76. The van der Waals surface area contributed by atoms with E-state index in [4.69, 9.17) is 17.1 Å². The van der Waals surface area contributed by atoms with Crippen LogP contribution in [-0.4, -0.2) is 5.97 Å². The minimum absolute atomic E-state index is 0.416. The molecule has 1 N–H and O–H groups in total. The Labute approximate surface area is 96.6 Å². The van der Waals surface area contributed by atoms with Crippen LogP contribution >= 0.6 is 11.6 Å². The molecule has 0 fully saturated rings. The van der Waals surface area contributed by atoms with Crippen molar-refractivity contribution >= 4 is 23.6 Å². The highest BCUT2D eigenvalue weighted by molar-refractivity contribution is 6.31. The number of carbonyl (C=O) groups is 1. The lowest BCUT2D eigenvalue weighted by atomic mass is 10.1. The highest BCUT2D eigenvalue weighted by Crippen LogP contribution is 2.20. The number of hydrogen-bond donors (Lipinski definition) is 1. The van der Waals surface area contributed by atoms with Gasteiger partial charge in [-0.1, -0.05) is 23.7 Å². The predicted molar refractivity (Wildman–Crippen MR) is 56.5 cm³/mol. The van der Waals surface area contributed by atoms with Gasteiger partial charge >= 0.3 is 0 Å². The number of nitrogens with one attached hydrogen (secondary N) is 1. The zero-order valence-corrected chi connectivity index (χ0v) is 9.15. The fraction of sp³-hybridized carbons (Fsp3) is 0.100. The van der Waals surface area contributed by atoms with E-state index in [1.54, 1.807) is 25.1 Å². The van der Waals surface area contributed by atoms with Crippen molar-refractivity contribution < 1.29 is 9.90 Å². The van der Waals surface area contributed by atoms with E-state index < -0.39 is 11.7 Å². The molecule has 0 bridgehead atoms. The van der Waals surface area contributed by atoms with Crippen molar-refractivity contribution in [3.63, 3.8) is 0 Å². The number of rotatable bonds is 3. The van der Waals surface area contributed by atoms with Gasteiger partial charge in [-0.2, -0.15) is 0 Å². The summed E-state index contributed by atoms with van der Waals surface area (Å²) in [6.45, 7) is 1.75. The fourth-order valence-electron chi connectivity index (χ4n) is 1.11. The average Bonchev–Trinajstić information content (AvgIpc) is 2.23. The Morgan fingerprint density at radius 3 is 2.88 bits per heavy atom. The Hall–Kier alpha value is -1.97. The van der Waals surface area contributed by atoms with Crippen LogP contribution in [-0.2, 0) is 4.79 Å². The van der Waals surface area contributed by atoms with Gasteiger partial charge in [-0.15, -0.1) is 0 Å². The van der Waals surface area contributed by atoms with Crippen molar-refractivity contribution in [1.82, 2.24) is 4.91 Å². The molecule has 0 aliphatic heterocycles. The van der Waals surface area contributed by atoms with Gasteiger partial charge in [-0.3, -0.25) is 0 Å². The average molecular weight is 238 g/mol. The molecule has 1 aromatic carbocycles. The molecule has 0 radical (unpaired) electrons. The summed E-state index contributed by atoms with van der Waals surface area (Å²) in [5.41, 5.74) is 7.39. The highest BCUT2D eigenvalue weighted by Gasteiger charge is 2.06. The Balaban J connectivity index is 3.28. The number of nitrogens with zero attached hydrogens (tertiary/aromatic N) is 2. The molecule has 82 valence electrons. The molecule has 5 nitrogen and oxygen atoms in total. The normalized spacial score (nSPS) is 10.8. The first kappa shape index (κ1) is 12.1. The molecule has 0 unspecified atom stereocenters. The molecule has 0 saturated carbocycles. The summed E-state index contributed by atoms with van der Waals surface area (Å²) in [4.78, 5) is 13.3. The van der Waals surface area contributed by atoms with Crippen LogP contribution in [0.5, 0.6) is 0 Å². The molecule has 0 spiro atoms. The molecule has 0 saturated heterocycles. The monoisotopic (exact) mass is 237 g/mol. The van der Waals surface area contributed by atoms with E-state index in [-0.39, 0.29) is 0 Å². The fourth-order valence-corrected chi connectivity index (χ4v) is 1.29. The second kappa shape index (κ2) is 5.21. The largest absolute Gasteiger partial charge is 0.543 e. The van der Waals surface area contributed by atoms with Crippen LogP contribution in [0.3, 0.4) is 0 Å². The van der Waals surface area contributed by atoms with Gasteiger partial charge in [0.15, 0.2) is 10.8 Å². The maximum atomic E-state index is 10.6. The molecule has 0 aliphatic carbocycles. The van der Waals surface area contributed by atoms with E-state index in [0.717, 1.165) is 5.56 Å². The van der Waals surface area contributed by atoms with E-state index >= 15 is 0 Å². The quantitative estimate of drug-likeness (QED) is 0.488. The molecule has 1 rings (SSSR count). The summed E-state index contributed by atoms with van der Waals surface area (Å²) in [6.07, 6.45) is 1.26. The van der Waals surface area contributed by atoms with E-state index in [9.17, 15) is 9.90 Å². The Morgan fingerprint density at radius 2 is 2.31 bits per heavy atom. The van der Waals surface area contributed by atoms with Crippen molar-refractivity contribution in [1.29, 1.82) is 5.53 Å². The number of carboxylic acids is 1. The van der Waals surface area contributed by atoms with Gasteiger partial charge in [0.1, 0.15) is 5.53 Å². The van der Waals surface area contributed by atoms with Crippen LogP contribution in [0.15, 0.2) is 29.0 Å². The van der Waals surface area contributed by atoms with Crippen LogP contribution in [0, 0.1) is 12.5 Å². The molecule has 0 aromatic heterocycles. The lowest BCUT2D eigenvalue weighted by Crippen LogP contribution is -2.23. The van der Waals surface area contributed by atoms with Gasteiger partial charge in [0.05, 0.1) is 5.97 Å². The molecule has 0 atom stereocenters. The van der Waals surface area contributed by atoms with Gasteiger partial charge in [0.25, 0.3) is 0 Å². The zero-order chi connectivity index (χ0) is 12.1. The predicted octanol–water partition coefficient (Wildman–Crippen LogP) is 1.29. The first-order chi connectivity index (χ1) is 7.56. The zero-order valence-electron chi connectivity index (χ0n) is 8.40. The number of benzene rings is 1. The third-order valence-corrected chi connectivity index (χ3v) is 2.38. The van der Waals surface area contributed by atoms with Crippen LogP contribution in [0.25, 0.3) is 6.08 Å². The number of halogens is 1. The molecule has 0 aliphatic rings. The maximum absolute atomic E-state index is 10.6. The minimum Gasteiger partial charge on any atom is -0.543 e. The van der Waals surface area contributed by atoms with E-state index in [2.05, 4.69) is 10.0 Å². The molecule has 0 heterocycles. The van der Waals surface area contributed by atoms with Gasteiger partial charge in [0, 0.05) is 5.02 Å². The molecule has 6 heteroatoms. The lowest BCUT2D eigenvalue weighted by molar-refractivity contribution is -0.299. The molecule has 1 aromatic rings. The minimum atomic E-state index is -1.49. The summed E-state index contributed by atoms with van der Waals surface area (Å²) in [5.74, 6) is -1.49. The molecular weight excluding hydrogens is 230 g/mol. The van der Waals surface area contributed by atoms with Crippen molar-refractivity contribution in [2.24, 2.45) is 5.11 Å². The summed E-state index contributed by atoms with van der Waals surface area (Å²) in [6, 6.07) is 5.06. The van der Waals surface area contributed by atoms with E-state index in [1.165, 1.54) is 6.08 Å². The molecular formula is C10H8ClN3O2. The van der Waals surface area contributed by atoms with Gasteiger partial charge in [0.2, 0.25) is 4.91 Å². The third-order valence-electron chi connectivity index (χ3n) is 1.97. The Bertz CT molecular complexity index is 501. The number of aliphatic carboxylic acids is 1. The summed E-state index contributed by atoms with van der Waals surface area (Å²) < 4.78 is 0. The number of carboxylic acid groups (broad SMARTS) is 1. The molecule has 0 amide bonds. The van der Waals surface area contributed by atoms with Crippen LogP contribution in [0.1, 0.15) is 11.1 Å². The standard InChI is InChI=1S/C10H8ClN3O2/c1-6-7(3-2-4-8(6)11)5-9(10(15)16)13-14-12/h2-5,12H,1H3/b9-5-. The number of hydrogen-bond acceptors (Lipinski definition) is 4. The van der Waals surface area contributed by atoms with Crippen molar-refractivity contribution in [3.8, 4) is 0 Å². The first-order valence-corrected chi connectivity index (χ1v) is 4.69. The summed E-state index contributed by atoms with van der Waals surface area (Å²) in [5, 5.41) is 14.3. The number of carbonyl (C=O) groups excluding carboxylic acids is 1. The lowest BCUT2D eigenvalue weighted by Gasteiger charge is -2.03. The van der Waals surface area contributed by atoms with Gasteiger partial charge < -0.3 is 9.90 Å². The van der Waals surface area contributed by atoms with Crippen molar-refractivity contribution in [2.75, 3.05) is 0 Å².